The fourth-order valence-corrected chi connectivity index (χ4v) is 2.36. The average molecular weight is 314 g/mol. The van der Waals surface area contributed by atoms with Gasteiger partial charge in [-0.25, -0.2) is 14.6 Å². The van der Waals surface area contributed by atoms with Crippen LogP contribution in [-0.4, -0.2) is 41.1 Å². The molecule has 3 aromatic heterocycles. The van der Waals surface area contributed by atoms with Gasteiger partial charge in [0.15, 0.2) is 11.6 Å². The predicted molar refractivity (Wildman–Crippen MR) is 79.5 cm³/mol. The van der Waals surface area contributed by atoms with Gasteiger partial charge in [0, 0.05) is 6.20 Å². The lowest BCUT2D eigenvalue weighted by Gasteiger charge is -2.01. The molecule has 0 aromatic carbocycles. The van der Waals surface area contributed by atoms with Crippen molar-refractivity contribution in [1.29, 1.82) is 0 Å². The summed E-state index contributed by atoms with van der Waals surface area (Å²) in [7, 11) is 0. The first-order valence-corrected chi connectivity index (χ1v) is 6.83. The summed E-state index contributed by atoms with van der Waals surface area (Å²) in [5.41, 5.74) is 7.17. The van der Waals surface area contributed by atoms with E-state index in [1.165, 1.54) is 4.68 Å². The molecule has 0 atom stereocenters. The lowest BCUT2D eigenvalue weighted by atomic mass is 10.3. The quantitative estimate of drug-likeness (QED) is 0.683. The second-order valence-corrected chi connectivity index (χ2v) is 5.02. The van der Waals surface area contributed by atoms with Gasteiger partial charge in [0.2, 0.25) is 5.91 Å². The van der Waals surface area contributed by atoms with Gasteiger partial charge in [-0.05, 0) is 19.1 Å². The molecule has 3 N–H and O–H groups in total. The number of pyridine rings is 1. The number of aryl methyl sites for hydroxylation is 1. The summed E-state index contributed by atoms with van der Waals surface area (Å²) in [6.45, 7) is 1.47. The van der Waals surface area contributed by atoms with Crippen LogP contribution in [0.4, 0.5) is 0 Å². The second-order valence-electron chi connectivity index (χ2n) is 5.02. The fourth-order valence-electron chi connectivity index (χ4n) is 2.36. The van der Waals surface area contributed by atoms with Crippen molar-refractivity contribution in [3.8, 4) is 11.5 Å². The van der Waals surface area contributed by atoms with Crippen molar-refractivity contribution in [3.63, 3.8) is 0 Å². The molecule has 0 aliphatic rings. The number of carbonyl (C=O) groups is 2. The minimum Gasteiger partial charge on any atom is -0.480 e. The van der Waals surface area contributed by atoms with Gasteiger partial charge in [-0.1, -0.05) is 6.07 Å². The number of primary amides is 1. The Labute approximate surface area is 130 Å². The zero-order valence-electron chi connectivity index (χ0n) is 12.3. The third kappa shape index (κ3) is 2.76. The summed E-state index contributed by atoms with van der Waals surface area (Å²) in [6.07, 6.45) is 1.69. The van der Waals surface area contributed by atoms with Crippen molar-refractivity contribution in [1.82, 2.24) is 24.1 Å². The lowest BCUT2D eigenvalue weighted by molar-refractivity contribution is -0.137. The molecule has 1 amide bonds. The number of carbonyl (C=O) groups excluding carboxylic acids is 1. The first-order chi connectivity index (χ1) is 11.0. The van der Waals surface area contributed by atoms with Crippen molar-refractivity contribution in [2.45, 2.75) is 19.9 Å². The number of rotatable bonds is 5. The highest BCUT2D eigenvalue weighted by Crippen LogP contribution is 2.22. The number of amides is 1. The Morgan fingerprint density at radius 3 is 2.74 bits per heavy atom. The van der Waals surface area contributed by atoms with Gasteiger partial charge < -0.3 is 15.2 Å². The minimum atomic E-state index is -1.07. The van der Waals surface area contributed by atoms with E-state index in [1.807, 2.05) is 35.7 Å². The number of aliphatic carboxylic acids is 1. The largest absolute Gasteiger partial charge is 0.480 e. The molecule has 0 aliphatic carbocycles. The van der Waals surface area contributed by atoms with E-state index in [0.29, 0.717) is 17.2 Å². The van der Waals surface area contributed by atoms with Crippen LogP contribution in [0, 0.1) is 6.92 Å². The number of nitrogens with zero attached hydrogens (tertiary/aromatic N) is 5. The van der Waals surface area contributed by atoms with Crippen molar-refractivity contribution in [3.05, 3.63) is 35.9 Å². The Morgan fingerprint density at radius 1 is 1.30 bits per heavy atom. The molecule has 3 heterocycles. The van der Waals surface area contributed by atoms with Crippen molar-refractivity contribution in [2.75, 3.05) is 0 Å². The maximum absolute atomic E-state index is 11.1. The summed E-state index contributed by atoms with van der Waals surface area (Å²) >= 11 is 0. The van der Waals surface area contributed by atoms with Crippen molar-refractivity contribution in [2.24, 2.45) is 5.73 Å². The molecule has 9 heteroatoms. The Hall–Kier alpha value is -3.23. The summed E-state index contributed by atoms with van der Waals surface area (Å²) in [5.74, 6) is -1.19. The molecular weight excluding hydrogens is 300 g/mol. The molecule has 23 heavy (non-hydrogen) atoms. The predicted octanol–water partition coefficient (Wildman–Crippen LogP) is 0.0136. The van der Waals surface area contributed by atoms with Gasteiger partial charge in [-0.2, -0.15) is 5.10 Å². The van der Waals surface area contributed by atoms with Gasteiger partial charge in [-0.15, -0.1) is 0 Å². The van der Waals surface area contributed by atoms with Crippen molar-refractivity contribution >= 4 is 17.5 Å². The number of hydrogen-bond donors (Lipinski definition) is 2. The van der Waals surface area contributed by atoms with Gasteiger partial charge in [0.05, 0.1) is 12.1 Å². The monoisotopic (exact) mass is 314 g/mol. The van der Waals surface area contributed by atoms with E-state index in [-0.39, 0.29) is 18.8 Å². The van der Waals surface area contributed by atoms with E-state index in [0.717, 1.165) is 5.69 Å². The molecule has 0 saturated carbocycles. The molecule has 0 aliphatic heterocycles. The second kappa shape index (κ2) is 5.52. The topological polar surface area (TPSA) is 128 Å². The van der Waals surface area contributed by atoms with Crippen LogP contribution >= 0.6 is 0 Å². The molecule has 0 unspecified atom stereocenters. The molecule has 0 saturated heterocycles. The van der Waals surface area contributed by atoms with Crippen LogP contribution < -0.4 is 5.73 Å². The number of imidazole rings is 1. The summed E-state index contributed by atoms with van der Waals surface area (Å²) in [6, 6.07) is 5.55. The van der Waals surface area contributed by atoms with Crippen molar-refractivity contribution < 1.29 is 14.7 Å². The Morgan fingerprint density at radius 2 is 2.09 bits per heavy atom. The maximum Gasteiger partial charge on any atom is 0.325 e. The molecule has 3 aromatic rings. The smallest absolute Gasteiger partial charge is 0.325 e. The SMILES string of the molecule is Cc1c(-c2nc(CC(N)=O)nn2CC(=O)O)nc2ccccn12. The number of hydrogen-bond acceptors (Lipinski definition) is 5. The number of fused-ring (bicyclic) bond motifs is 1. The van der Waals surface area contributed by atoms with E-state index in [2.05, 4.69) is 15.1 Å². The van der Waals surface area contributed by atoms with Crippen LogP contribution in [0.2, 0.25) is 0 Å². The van der Waals surface area contributed by atoms with Gasteiger partial charge in [0.1, 0.15) is 17.9 Å². The average Bonchev–Trinajstić information content (AvgIpc) is 2.99. The van der Waals surface area contributed by atoms with E-state index < -0.39 is 11.9 Å². The molecule has 118 valence electrons. The lowest BCUT2D eigenvalue weighted by Crippen LogP contribution is -2.15. The third-order valence-corrected chi connectivity index (χ3v) is 3.31. The standard InChI is InChI=1S/C14H14N6O3/c1-8-13(17-11-4-2-3-5-19(8)11)14-16-10(6-9(15)21)18-20(14)7-12(22)23/h2-5H,6-7H2,1H3,(H2,15,21)(H,22,23). The Kier molecular flexibility index (Phi) is 3.53. The van der Waals surface area contributed by atoms with Gasteiger partial charge >= 0.3 is 5.97 Å². The molecule has 3 rings (SSSR count). The normalized spacial score (nSPS) is 11.0. The highest BCUT2D eigenvalue weighted by atomic mass is 16.4. The van der Waals surface area contributed by atoms with Crippen LogP contribution in [0.1, 0.15) is 11.5 Å². The van der Waals surface area contributed by atoms with E-state index in [4.69, 9.17) is 10.8 Å². The number of nitrogens with two attached hydrogens (primary N) is 1. The molecule has 0 spiro atoms. The van der Waals surface area contributed by atoms with E-state index >= 15 is 0 Å². The minimum absolute atomic E-state index is 0.161. The van der Waals surface area contributed by atoms with Gasteiger partial charge in [0.25, 0.3) is 0 Å². The van der Waals surface area contributed by atoms with Crippen LogP contribution in [0.25, 0.3) is 17.2 Å². The number of aromatic nitrogens is 5. The number of carboxylic acid groups (broad SMARTS) is 1. The highest BCUT2D eigenvalue weighted by Gasteiger charge is 2.20. The molecular formula is C14H14N6O3. The van der Waals surface area contributed by atoms with Crippen LogP contribution in [0.3, 0.4) is 0 Å². The van der Waals surface area contributed by atoms with Crippen LogP contribution in [0.15, 0.2) is 24.4 Å². The first-order valence-electron chi connectivity index (χ1n) is 6.83. The summed E-state index contributed by atoms with van der Waals surface area (Å²) in [5, 5.41) is 13.1. The summed E-state index contributed by atoms with van der Waals surface area (Å²) < 4.78 is 3.08. The van der Waals surface area contributed by atoms with E-state index in [1.54, 1.807) is 0 Å². The van der Waals surface area contributed by atoms with E-state index in [9.17, 15) is 9.59 Å². The molecule has 9 nitrogen and oxygen atoms in total. The highest BCUT2D eigenvalue weighted by molar-refractivity contribution is 5.76. The Balaban J connectivity index is 2.15. The molecule has 0 radical (unpaired) electrons. The first kappa shape index (κ1) is 14.7. The summed E-state index contributed by atoms with van der Waals surface area (Å²) in [4.78, 5) is 30.8. The zero-order valence-corrected chi connectivity index (χ0v) is 12.3. The molecule has 0 bridgehead atoms. The number of carboxylic acids is 1. The fraction of sp³-hybridized carbons (Fsp3) is 0.214. The molecule has 0 fully saturated rings. The third-order valence-electron chi connectivity index (χ3n) is 3.31. The van der Waals surface area contributed by atoms with Gasteiger partial charge in [-0.3, -0.25) is 9.59 Å². The van der Waals surface area contributed by atoms with Crippen LogP contribution in [-0.2, 0) is 22.6 Å². The maximum atomic E-state index is 11.1. The Bertz CT molecular complexity index is 911. The zero-order chi connectivity index (χ0) is 16.6. The van der Waals surface area contributed by atoms with Crippen LogP contribution in [0.5, 0.6) is 0 Å².